The minimum Gasteiger partial charge on any atom is -0.126 e. The SMILES string of the molecule is CC(CCl)(Cc1ccc(Cl)cc1Cl)C1CC1. The van der Waals surface area contributed by atoms with Crippen LogP contribution in [0.5, 0.6) is 0 Å². The molecule has 1 aliphatic rings. The average Bonchev–Trinajstić information content (AvgIpc) is 3.06. The molecule has 1 fully saturated rings. The lowest BCUT2D eigenvalue weighted by Crippen LogP contribution is -2.24. The topological polar surface area (TPSA) is 0 Å². The molecule has 0 N–H and O–H groups in total. The molecule has 0 amide bonds. The molecule has 2 rings (SSSR count). The number of benzene rings is 1. The van der Waals surface area contributed by atoms with Crippen molar-refractivity contribution in [1.29, 1.82) is 0 Å². The van der Waals surface area contributed by atoms with Crippen LogP contribution >= 0.6 is 34.8 Å². The van der Waals surface area contributed by atoms with Crippen molar-refractivity contribution in [3.05, 3.63) is 33.8 Å². The zero-order chi connectivity index (χ0) is 11.8. The van der Waals surface area contributed by atoms with Gasteiger partial charge in [0.15, 0.2) is 0 Å². The Morgan fingerprint density at radius 2 is 2.00 bits per heavy atom. The van der Waals surface area contributed by atoms with E-state index in [2.05, 4.69) is 6.92 Å². The molecule has 0 saturated heterocycles. The lowest BCUT2D eigenvalue weighted by Gasteiger charge is -2.27. The van der Waals surface area contributed by atoms with Crippen LogP contribution in [0.25, 0.3) is 0 Å². The van der Waals surface area contributed by atoms with Crippen molar-refractivity contribution in [2.45, 2.75) is 26.2 Å². The van der Waals surface area contributed by atoms with Gasteiger partial charge in [-0.25, -0.2) is 0 Å². The maximum Gasteiger partial charge on any atom is 0.0453 e. The predicted octanol–water partition coefficient (Wildman–Crippen LogP) is 5.19. The van der Waals surface area contributed by atoms with Gasteiger partial charge in [-0.3, -0.25) is 0 Å². The maximum absolute atomic E-state index is 6.19. The monoisotopic (exact) mass is 276 g/mol. The van der Waals surface area contributed by atoms with E-state index in [9.17, 15) is 0 Å². The van der Waals surface area contributed by atoms with Crippen molar-refractivity contribution in [3.63, 3.8) is 0 Å². The molecule has 0 aromatic heterocycles. The van der Waals surface area contributed by atoms with Crippen molar-refractivity contribution in [2.24, 2.45) is 11.3 Å². The Bertz CT molecular complexity index is 385. The largest absolute Gasteiger partial charge is 0.126 e. The number of halogens is 3. The summed E-state index contributed by atoms with van der Waals surface area (Å²) < 4.78 is 0. The lowest BCUT2D eigenvalue weighted by atomic mass is 9.81. The Kier molecular flexibility index (Phi) is 3.73. The molecular formula is C13H15Cl3. The van der Waals surface area contributed by atoms with Gasteiger partial charge in [-0.2, -0.15) is 0 Å². The van der Waals surface area contributed by atoms with Crippen LogP contribution in [-0.4, -0.2) is 5.88 Å². The van der Waals surface area contributed by atoms with Gasteiger partial charge < -0.3 is 0 Å². The summed E-state index contributed by atoms with van der Waals surface area (Å²) >= 11 is 18.2. The summed E-state index contributed by atoms with van der Waals surface area (Å²) in [6, 6.07) is 5.71. The normalized spacial score (nSPS) is 19.5. The van der Waals surface area contributed by atoms with E-state index in [1.807, 2.05) is 12.1 Å². The fraction of sp³-hybridized carbons (Fsp3) is 0.538. The molecule has 0 spiro atoms. The molecule has 1 aromatic carbocycles. The third-order valence-corrected chi connectivity index (χ3v) is 4.68. The smallest absolute Gasteiger partial charge is 0.0453 e. The fourth-order valence-electron chi connectivity index (χ4n) is 2.18. The van der Waals surface area contributed by atoms with Crippen LogP contribution in [-0.2, 0) is 6.42 Å². The Morgan fingerprint density at radius 1 is 1.31 bits per heavy atom. The number of hydrogen-bond donors (Lipinski definition) is 0. The van der Waals surface area contributed by atoms with Crippen LogP contribution in [0.3, 0.4) is 0 Å². The highest BCUT2D eigenvalue weighted by molar-refractivity contribution is 6.35. The lowest BCUT2D eigenvalue weighted by molar-refractivity contribution is 0.313. The first-order valence-electron chi connectivity index (χ1n) is 5.55. The summed E-state index contributed by atoms with van der Waals surface area (Å²) in [6.07, 6.45) is 3.54. The summed E-state index contributed by atoms with van der Waals surface area (Å²) in [5.41, 5.74) is 1.33. The van der Waals surface area contributed by atoms with Crippen LogP contribution in [0.1, 0.15) is 25.3 Å². The first kappa shape index (κ1) is 12.5. The van der Waals surface area contributed by atoms with Gasteiger partial charge in [0, 0.05) is 15.9 Å². The highest BCUT2D eigenvalue weighted by Gasteiger charge is 2.40. The molecule has 88 valence electrons. The van der Waals surface area contributed by atoms with Crippen LogP contribution in [0.4, 0.5) is 0 Å². The molecule has 3 heteroatoms. The van der Waals surface area contributed by atoms with Crippen molar-refractivity contribution >= 4 is 34.8 Å². The van der Waals surface area contributed by atoms with E-state index in [1.54, 1.807) is 6.07 Å². The second kappa shape index (κ2) is 4.76. The van der Waals surface area contributed by atoms with E-state index in [0.717, 1.165) is 22.9 Å². The second-order valence-electron chi connectivity index (χ2n) is 4.97. The van der Waals surface area contributed by atoms with E-state index >= 15 is 0 Å². The summed E-state index contributed by atoms with van der Waals surface area (Å²) in [6.45, 7) is 2.25. The zero-order valence-electron chi connectivity index (χ0n) is 9.27. The fourth-order valence-corrected chi connectivity index (χ4v) is 2.97. The molecule has 0 nitrogen and oxygen atoms in total. The average molecular weight is 278 g/mol. The Morgan fingerprint density at radius 3 is 2.50 bits per heavy atom. The third kappa shape index (κ3) is 2.67. The van der Waals surface area contributed by atoms with Crippen LogP contribution in [0.15, 0.2) is 18.2 Å². The Hall–Kier alpha value is 0.0900. The maximum atomic E-state index is 6.19. The van der Waals surface area contributed by atoms with Gasteiger partial charge in [-0.05, 0) is 48.3 Å². The summed E-state index contributed by atoms with van der Waals surface area (Å²) in [7, 11) is 0. The zero-order valence-corrected chi connectivity index (χ0v) is 11.5. The molecule has 1 unspecified atom stereocenters. The van der Waals surface area contributed by atoms with Crippen molar-refractivity contribution in [1.82, 2.24) is 0 Å². The highest BCUT2D eigenvalue weighted by Crippen LogP contribution is 2.48. The molecule has 1 atom stereocenters. The minimum absolute atomic E-state index is 0.180. The molecule has 16 heavy (non-hydrogen) atoms. The molecule has 0 aliphatic heterocycles. The first-order chi connectivity index (χ1) is 7.55. The van der Waals surface area contributed by atoms with Gasteiger partial charge in [-0.1, -0.05) is 36.2 Å². The van der Waals surface area contributed by atoms with E-state index in [-0.39, 0.29) is 5.41 Å². The second-order valence-corrected chi connectivity index (χ2v) is 6.09. The number of alkyl halides is 1. The van der Waals surface area contributed by atoms with E-state index in [4.69, 9.17) is 34.8 Å². The van der Waals surface area contributed by atoms with Crippen LogP contribution < -0.4 is 0 Å². The minimum atomic E-state index is 0.180. The van der Waals surface area contributed by atoms with Crippen molar-refractivity contribution in [2.75, 3.05) is 5.88 Å². The number of rotatable bonds is 4. The van der Waals surface area contributed by atoms with E-state index in [1.165, 1.54) is 12.8 Å². The molecule has 1 aromatic rings. The van der Waals surface area contributed by atoms with Gasteiger partial charge in [0.05, 0.1) is 0 Å². The molecular weight excluding hydrogens is 263 g/mol. The molecule has 0 radical (unpaired) electrons. The Labute approximate surface area is 112 Å². The summed E-state index contributed by atoms with van der Waals surface area (Å²) in [5, 5.41) is 1.44. The van der Waals surface area contributed by atoms with Gasteiger partial charge >= 0.3 is 0 Å². The highest BCUT2D eigenvalue weighted by atomic mass is 35.5. The molecule has 1 saturated carbocycles. The van der Waals surface area contributed by atoms with Crippen molar-refractivity contribution in [3.8, 4) is 0 Å². The molecule has 0 heterocycles. The Balaban J connectivity index is 2.18. The van der Waals surface area contributed by atoms with Gasteiger partial charge in [0.2, 0.25) is 0 Å². The van der Waals surface area contributed by atoms with Crippen LogP contribution in [0, 0.1) is 11.3 Å². The molecule has 0 bridgehead atoms. The summed E-state index contributed by atoms with van der Waals surface area (Å²) in [4.78, 5) is 0. The predicted molar refractivity (Wildman–Crippen MR) is 71.7 cm³/mol. The number of hydrogen-bond acceptors (Lipinski definition) is 0. The van der Waals surface area contributed by atoms with Gasteiger partial charge in [-0.15, -0.1) is 11.6 Å². The van der Waals surface area contributed by atoms with E-state index < -0.39 is 0 Å². The van der Waals surface area contributed by atoms with Crippen molar-refractivity contribution < 1.29 is 0 Å². The van der Waals surface area contributed by atoms with Gasteiger partial charge in [0.25, 0.3) is 0 Å². The third-order valence-electron chi connectivity index (χ3n) is 3.48. The first-order valence-corrected chi connectivity index (χ1v) is 6.84. The molecule has 1 aliphatic carbocycles. The standard InChI is InChI=1S/C13H15Cl3/c1-13(8-14,10-3-4-10)7-9-2-5-11(15)6-12(9)16/h2,5-6,10H,3-4,7-8H2,1H3. The summed E-state index contributed by atoms with van der Waals surface area (Å²) in [5.74, 6) is 1.45. The van der Waals surface area contributed by atoms with E-state index in [0.29, 0.717) is 10.9 Å². The quantitative estimate of drug-likeness (QED) is 0.664. The van der Waals surface area contributed by atoms with Crippen LogP contribution in [0.2, 0.25) is 10.0 Å². The van der Waals surface area contributed by atoms with Gasteiger partial charge in [0.1, 0.15) is 0 Å².